The van der Waals surface area contributed by atoms with Crippen LogP contribution in [0.1, 0.15) is 19.3 Å². The van der Waals surface area contributed by atoms with Gasteiger partial charge in [-0.15, -0.1) is 0 Å². The maximum Gasteiger partial charge on any atom is 0.306 e. The lowest BCUT2D eigenvalue weighted by atomic mass is 10.2. The smallest absolute Gasteiger partial charge is 0.306 e. The maximum atomic E-state index is 11.6. The standard InChI is InChI=1S/C10H18N2O4/c1-16-7(5-9(13)14)6-12-10(15)8-3-2-4-11-8/h7-8,11H,2-6H2,1H3,(H,12,15)(H,13,14)/t7?,8-/m0/s1. The second-order valence-electron chi connectivity index (χ2n) is 3.85. The Kier molecular flexibility index (Phi) is 5.21. The summed E-state index contributed by atoms with van der Waals surface area (Å²) >= 11 is 0. The van der Waals surface area contributed by atoms with Crippen molar-refractivity contribution in [2.24, 2.45) is 0 Å². The summed E-state index contributed by atoms with van der Waals surface area (Å²) in [4.78, 5) is 22.0. The Bertz CT molecular complexity index is 251. The number of aliphatic carboxylic acids is 1. The molecule has 0 aromatic heterocycles. The van der Waals surface area contributed by atoms with Crippen molar-refractivity contribution < 1.29 is 19.4 Å². The third-order valence-corrected chi connectivity index (χ3v) is 2.62. The Labute approximate surface area is 94.3 Å². The van der Waals surface area contributed by atoms with Gasteiger partial charge in [-0.2, -0.15) is 0 Å². The van der Waals surface area contributed by atoms with Gasteiger partial charge in [-0.25, -0.2) is 0 Å². The van der Waals surface area contributed by atoms with Crippen LogP contribution in [0.4, 0.5) is 0 Å². The number of hydrogen-bond donors (Lipinski definition) is 3. The lowest BCUT2D eigenvalue weighted by molar-refractivity contribution is -0.140. The van der Waals surface area contributed by atoms with Gasteiger partial charge in [0.2, 0.25) is 5.91 Å². The van der Waals surface area contributed by atoms with E-state index in [0.717, 1.165) is 19.4 Å². The van der Waals surface area contributed by atoms with E-state index in [0.29, 0.717) is 0 Å². The van der Waals surface area contributed by atoms with Gasteiger partial charge in [-0.05, 0) is 19.4 Å². The van der Waals surface area contributed by atoms with Gasteiger partial charge in [-0.1, -0.05) is 0 Å². The van der Waals surface area contributed by atoms with E-state index in [1.165, 1.54) is 7.11 Å². The molecule has 0 bridgehead atoms. The van der Waals surface area contributed by atoms with Gasteiger partial charge in [0.15, 0.2) is 0 Å². The van der Waals surface area contributed by atoms with E-state index in [1.54, 1.807) is 0 Å². The number of carboxylic acids is 1. The number of carboxylic acid groups (broad SMARTS) is 1. The van der Waals surface area contributed by atoms with Crippen molar-refractivity contribution in [1.29, 1.82) is 0 Å². The van der Waals surface area contributed by atoms with Crippen LogP contribution >= 0.6 is 0 Å². The van der Waals surface area contributed by atoms with Crippen molar-refractivity contribution in [3.05, 3.63) is 0 Å². The monoisotopic (exact) mass is 230 g/mol. The summed E-state index contributed by atoms with van der Waals surface area (Å²) in [5.41, 5.74) is 0. The van der Waals surface area contributed by atoms with Crippen molar-refractivity contribution in [2.45, 2.75) is 31.4 Å². The molecule has 0 radical (unpaired) electrons. The molecule has 2 atom stereocenters. The summed E-state index contributed by atoms with van der Waals surface area (Å²) in [6.07, 6.45) is 1.26. The minimum absolute atomic E-state index is 0.0788. The van der Waals surface area contributed by atoms with E-state index in [2.05, 4.69) is 10.6 Å². The number of amides is 1. The van der Waals surface area contributed by atoms with Gasteiger partial charge in [0.1, 0.15) is 0 Å². The average Bonchev–Trinajstić information content (AvgIpc) is 2.76. The van der Waals surface area contributed by atoms with Gasteiger partial charge in [0.25, 0.3) is 0 Å². The summed E-state index contributed by atoms with van der Waals surface area (Å²) in [6, 6.07) is -0.137. The maximum absolute atomic E-state index is 11.6. The third-order valence-electron chi connectivity index (χ3n) is 2.62. The zero-order chi connectivity index (χ0) is 12.0. The van der Waals surface area contributed by atoms with Crippen LogP contribution in [0.2, 0.25) is 0 Å². The molecule has 0 aliphatic carbocycles. The van der Waals surface area contributed by atoms with Crippen LogP contribution in [0.5, 0.6) is 0 Å². The molecule has 3 N–H and O–H groups in total. The molecular weight excluding hydrogens is 212 g/mol. The highest BCUT2D eigenvalue weighted by Gasteiger charge is 2.22. The van der Waals surface area contributed by atoms with E-state index in [4.69, 9.17) is 9.84 Å². The molecule has 1 aliphatic heterocycles. The molecule has 1 unspecified atom stereocenters. The Morgan fingerprint density at radius 3 is 2.88 bits per heavy atom. The van der Waals surface area contributed by atoms with E-state index in [-0.39, 0.29) is 24.9 Å². The largest absolute Gasteiger partial charge is 0.481 e. The minimum atomic E-state index is -0.930. The first kappa shape index (κ1) is 12.9. The van der Waals surface area contributed by atoms with Crippen molar-refractivity contribution >= 4 is 11.9 Å². The van der Waals surface area contributed by atoms with Crippen LogP contribution in [0.25, 0.3) is 0 Å². The number of methoxy groups -OCH3 is 1. The number of carbonyl (C=O) groups is 2. The van der Waals surface area contributed by atoms with Crippen LogP contribution in [0, 0.1) is 0 Å². The van der Waals surface area contributed by atoms with E-state index in [9.17, 15) is 9.59 Å². The van der Waals surface area contributed by atoms with E-state index >= 15 is 0 Å². The average molecular weight is 230 g/mol. The Balaban J connectivity index is 2.25. The number of ether oxygens (including phenoxy) is 1. The van der Waals surface area contributed by atoms with Gasteiger partial charge >= 0.3 is 5.97 Å². The minimum Gasteiger partial charge on any atom is -0.481 e. The highest BCUT2D eigenvalue weighted by molar-refractivity contribution is 5.82. The van der Waals surface area contributed by atoms with Crippen LogP contribution < -0.4 is 10.6 Å². The van der Waals surface area contributed by atoms with Crippen LogP contribution in [0.15, 0.2) is 0 Å². The molecule has 1 saturated heterocycles. The SMILES string of the molecule is COC(CNC(=O)[C@@H]1CCCN1)CC(=O)O. The Hall–Kier alpha value is -1.14. The fourth-order valence-electron chi connectivity index (χ4n) is 1.68. The molecule has 1 amide bonds. The summed E-state index contributed by atoms with van der Waals surface area (Å²) in [5, 5.41) is 14.3. The Morgan fingerprint density at radius 1 is 1.62 bits per heavy atom. The zero-order valence-electron chi connectivity index (χ0n) is 9.36. The predicted octanol–water partition coefficient (Wildman–Crippen LogP) is -0.656. The van der Waals surface area contributed by atoms with Crippen molar-refractivity contribution in [2.75, 3.05) is 20.2 Å². The first-order valence-electron chi connectivity index (χ1n) is 5.39. The molecular formula is C10H18N2O4. The lowest BCUT2D eigenvalue weighted by Crippen LogP contribution is -2.43. The summed E-state index contributed by atoms with van der Waals surface area (Å²) in [5.74, 6) is -1.01. The second kappa shape index (κ2) is 6.44. The van der Waals surface area contributed by atoms with Crippen molar-refractivity contribution in [3.63, 3.8) is 0 Å². The summed E-state index contributed by atoms with van der Waals surface area (Å²) in [6.45, 7) is 1.10. The number of carbonyl (C=O) groups excluding carboxylic acids is 1. The number of hydrogen-bond acceptors (Lipinski definition) is 4. The predicted molar refractivity (Wildman–Crippen MR) is 57.1 cm³/mol. The van der Waals surface area contributed by atoms with Crippen LogP contribution in [-0.2, 0) is 14.3 Å². The zero-order valence-corrected chi connectivity index (χ0v) is 9.36. The van der Waals surface area contributed by atoms with E-state index < -0.39 is 12.1 Å². The molecule has 6 nitrogen and oxygen atoms in total. The second-order valence-corrected chi connectivity index (χ2v) is 3.85. The van der Waals surface area contributed by atoms with Crippen molar-refractivity contribution in [1.82, 2.24) is 10.6 Å². The quantitative estimate of drug-likeness (QED) is 0.564. The molecule has 0 spiro atoms. The molecule has 1 heterocycles. The van der Waals surface area contributed by atoms with Gasteiger partial charge in [0, 0.05) is 13.7 Å². The molecule has 0 aromatic carbocycles. The molecule has 1 fully saturated rings. The molecule has 6 heteroatoms. The topological polar surface area (TPSA) is 87.7 Å². The third kappa shape index (κ3) is 4.16. The van der Waals surface area contributed by atoms with Crippen LogP contribution in [-0.4, -0.2) is 49.3 Å². The molecule has 1 rings (SSSR count). The Morgan fingerprint density at radius 2 is 2.38 bits per heavy atom. The summed E-state index contributed by atoms with van der Waals surface area (Å²) < 4.78 is 4.96. The first-order chi connectivity index (χ1) is 7.63. The first-order valence-corrected chi connectivity index (χ1v) is 5.39. The molecule has 92 valence electrons. The highest BCUT2D eigenvalue weighted by Crippen LogP contribution is 2.04. The molecule has 0 saturated carbocycles. The molecule has 1 aliphatic rings. The normalized spacial score (nSPS) is 21.7. The molecule has 0 aromatic rings. The molecule has 16 heavy (non-hydrogen) atoms. The van der Waals surface area contributed by atoms with Crippen LogP contribution in [0.3, 0.4) is 0 Å². The summed E-state index contributed by atoms with van der Waals surface area (Å²) in [7, 11) is 1.44. The van der Waals surface area contributed by atoms with Gasteiger partial charge < -0.3 is 20.5 Å². The number of nitrogens with one attached hydrogen (secondary N) is 2. The van der Waals surface area contributed by atoms with E-state index in [1.807, 2.05) is 0 Å². The highest BCUT2D eigenvalue weighted by atomic mass is 16.5. The lowest BCUT2D eigenvalue weighted by Gasteiger charge is -2.16. The van der Waals surface area contributed by atoms with Gasteiger partial charge in [-0.3, -0.25) is 9.59 Å². The fraction of sp³-hybridized carbons (Fsp3) is 0.800. The number of rotatable bonds is 6. The fourth-order valence-corrected chi connectivity index (χ4v) is 1.68. The van der Waals surface area contributed by atoms with Crippen molar-refractivity contribution in [3.8, 4) is 0 Å². The van der Waals surface area contributed by atoms with Gasteiger partial charge in [0.05, 0.1) is 18.6 Å².